The van der Waals surface area contributed by atoms with Crippen LogP contribution in [0.25, 0.3) is 0 Å². The SMILES string of the molecule is CCNC(=NCC(C)(C)NS(C)(=O)=O)NC1CCC(SC)C1.I. The van der Waals surface area contributed by atoms with E-state index in [4.69, 9.17) is 0 Å². The first-order chi connectivity index (χ1) is 10.1. The molecule has 0 aromatic heterocycles. The van der Waals surface area contributed by atoms with Crippen LogP contribution in [0.2, 0.25) is 0 Å². The standard InChI is InChI=1S/C14H30N4O2S2.HI/c1-6-15-13(17-11-7-8-12(9-11)21-4)16-10-14(2,3)18-22(5,19)20;/h11-12,18H,6-10H2,1-5H3,(H2,15,16,17);1H. The van der Waals surface area contributed by atoms with Crippen molar-refractivity contribution < 1.29 is 8.42 Å². The zero-order valence-electron chi connectivity index (χ0n) is 14.7. The molecule has 0 saturated heterocycles. The third kappa shape index (κ3) is 9.98. The van der Waals surface area contributed by atoms with Gasteiger partial charge in [-0.2, -0.15) is 11.8 Å². The van der Waals surface area contributed by atoms with Crippen LogP contribution in [0.3, 0.4) is 0 Å². The molecular weight excluding hydrogens is 447 g/mol. The molecule has 1 fully saturated rings. The molecule has 138 valence electrons. The van der Waals surface area contributed by atoms with Crippen LogP contribution < -0.4 is 15.4 Å². The molecule has 1 rings (SSSR count). The van der Waals surface area contributed by atoms with E-state index in [0.29, 0.717) is 12.6 Å². The quantitative estimate of drug-likeness (QED) is 0.295. The number of nitrogens with one attached hydrogen (secondary N) is 3. The van der Waals surface area contributed by atoms with E-state index in [1.165, 1.54) is 12.7 Å². The van der Waals surface area contributed by atoms with Gasteiger partial charge in [0.05, 0.1) is 12.8 Å². The Morgan fingerprint density at radius 1 is 1.35 bits per heavy atom. The molecule has 0 aromatic rings. The summed E-state index contributed by atoms with van der Waals surface area (Å²) >= 11 is 1.92. The normalized spacial score (nSPS) is 22.6. The van der Waals surface area contributed by atoms with Crippen molar-refractivity contribution in [2.24, 2.45) is 4.99 Å². The van der Waals surface area contributed by atoms with Gasteiger partial charge in [0.1, 0.15) is 0 Å². The number of halogens is 1. The fourth-order valence-electron chi connectivity index (χ4n) is 2.61. The zero-order chi connectivity index (χ0) is 16.8. The van der Waals surface area contributed by atoms with Crippen LogP contribution in [-0.2, 0) is 10.0 Å². The second-order valence-electron chi connectivity index (χ2n) is 6.47. The molecule has 1 aliphatic carbocycles. The second kappa shape index (κ2) is 10.3. The van der Waals surface area contributed by atoms with Crippen LogP contribution in [0.15, 0.2) is 4.99 Å². The topological polar surface area (TPSA) is 82.6 Å². The van der Waals surface area contributed by atoms with Crippen molar-refractivity contribution >= 4 is 51.7 Å². The summed E-state index contributed by atoms with van der Waals surface area (Å²) in [5.41, 5.74) is -0.604. The maximum absolute atomic E-state index is 11.4. The molecular formula is C14H31IN4O2S2. The van der Waals surface area contributed by atoms with Crippen LogP contribution in [0, 0.1) is 0 Å². The number of rotatable bonds is 7. The molecule has 2 unspecified atom stereocenters. The Balaban J connectivity index is 0.00000484. The maximum atomic E-state index is 11.4. The lowest BCUT2D eigenvalue weighted by Crippen LogP contribution is -2.47. The Hall–Kier alpha value is 0.260. The fraction of sp³-hybridized carbons (Fsp3) is 0.929. The summed E-state index contributed by atoms with van der Waals surface area (Å²) in [7, 11) is -3.24. The number of hydrogen-bond acceptors (Lipinski definition) is 4. The average Bonchev–Trinajstić information content (AvgIpc) is 2.81. The van der Waals surface area contributed by atoms with E-state index in [0.717, 1.165) is 30.6 Å². The highest BCUT2D eigenvalue weighted by atomic mass is 127. The lowest BCUT2D eigenvalue weighted by atomic mass is 10.1. The molecule has 0 amide bonds. The molecule has 0 spiro atoms. The Bertz CT molecular complexity index is 483. The molecule has 1 saturated carbocycles. The van der Waals surface area contributed by atoms with Gasteiger partial charge in [-0.15, -0.1) is 24.0 Å². The van der Waals surface area contributed by atoms with Crippen molar-refractivity contribution in [3.63, 3.8) is 0 Å². The molecule has 0 aromatic carbocycles. The Morgan fingerprint density at radius 2 is 2.00 bits per heavy atom. The highest BCUT2D eigenvalue weighted by molar-refractivity contribution is 14.0. The van der Waals surface area contributed by atoms with Crippen LogP contribution >= 0.6 is 35.7 Å². The van der Waals surface area contributed by atoms with Gasteiger partial charge in [-0.25, -0.2) is 13.1 Å². The van der Waals surface area contributed by atoms with Crippen molar-refractivity contribution in [2.45, 2.75) is 56.9 Å². The first-order valence-corrected chi connectivity index (χ1v) is 10.9. The predicted molar refractivity (Wildman–Crippen MR) is 112 cm³/mol. The molecule has 0 aliphatic heterocycles. The number of nitrogens with zero attached hydrogens (tertiary/aromatic N) is 1. The van der Waals surface area contributed by atoms with E-state index in [-0.39, 0.29) is 24.0 Å². The van der Waals surface area contributed by atoms with Crippen molar-refractivity contribution in [1.82, 2.24) is 15.4 Å². The average molecular weight is 478 g/mol. The van der Waals surface area contributed by atoms with Gasteiger partial charge >= 0.3 is 0 Å². The largest absolute Gasteiger partial charge is 0.357 e. The highest BCUT2D eigenvalue weighted by Crippen LogP contribution is 2.28. The van der Waals surface area contributed by atoms with Crippen molar-refractivity contribution in [1.29, 1.82) is 0 Å². The molecule has 1 aliphatic rings. The van der Waals surface area contributed by atoms with Crippen LogP contribution in [0.4, 0.5) is 0 Å². The first-order valence-electron chi connectivity index (χ1n) is 7.72. The summed E-state index contributed by atoms with van der Waals surface area (Å²) < 4.78 is 25.4. The third-order valence-electron chi connectivity index (χ3n) is 3.50. The van der Waals surface area contributed by atoms with E-state index in [1.807, 2.05) is 32.5 Å². The molecule has 0 radical (unpaired) electrons. The minimum atomic E-state index is -3.24. The van der Waals surface area contributed by atoms with E-state index in [2.05, 4.69) is 26.6 Å². The summed E-state index contributed by atoms with van der Waals surface area (Å²) in [5.74, 6) is 0.762. The monoisotopic (exact) mass is 478 g/mol. The molecule has 9 heteroatoms. The summed E-state index contributed by atoms with van der Waals surface area (Å²) in [5, 5.41) is 7.42. The van der Waals surface area contributed by atoms with E-state index >= 15 is 0 Å². The van der Waals surface area contributed by atoms with Gasteiger partial charge in [0.25, 0.3) is 0 Å². The summed E-state index contributed by atoms with van der Waals surface area (Å²) in [4.78, 5) is 4.54. The lowest BCUT2D eigenvalue weighted by Gasteiger charge is -2.24. The second-order valence-corrected chi connectivity index (χ2v) is 9.35. The van der Waals surface area contributed by atoms with Gasteiger partial charge < -0.3 is 10.6 Å². The number of guanidine groups is 1. The molecule has 23 heavy (non-hydrogen) atoms. The van der Waals surface area contributed by atoms with E-state index < -0.39 is 15.6 Å². The van der Waals surface area contributed by atoms with Crippen molar-refractivity contribution in [3.8, 4) is 0 Å². The highest BCUT2D eigenvalue weighted by Gasteiger charge is 2.25. The molecule has 2 atom stereocenters. The maximum Gasteiger partial charge on any atom is 0.209 e. The van der Waals surface area contributed by atoms with Crippen LogP contribution in [-0.4, -0.2) is 56.8 Å². The van der Waals surface area contributed by atoms with Gasteiger partial charge in [-0.05, 0) is 46.3 Å². The van der Waals surface area contributed by atoms with Gasteiger partial charge in [-0.3, -0.25) is 4.99 Å². The van der Waals surface area contributed by atoms with Crippen LogP contribution in [0.1, 0.15) is 40.0 Å². The van der Waals surface area contributed by atoms with Gasteiger partial charge in [0.15, 0.2) is 5.96 Å². The first kappa shape index (κ1) is 23.3. The lowest BCUT2D eigenvalue weighted by molar-refractivity contribution is 0.463. The number of thioether (sulfide) groups is 1. The van der Waals surface area contributed by atoms with Crippen molar-refractivity contribution in [3.05, 3.63) is 0 Å². The summed E-state index contributed by atoms with van der Waals surface area (Å²) in [6, 6.07) is 0.446. The molecule has 6 nitrogen and oxygen atoms in total. The Morgan fingerprint density at radius 3 is 2.48 bits per heavy atom. The zero-order valence-corrected chi connectivity index (χ0v) is 18.6. The van der Waals surface area contributed by atoms with E-state index in [9.17, 15) is 8.42 Å². The smallest absolute Gasteiger partial charge is 0.209 e. The number of aliphatic imine (C=N–C) groups is 1. The van der Waals surface area contributed by atoms with Gasteiger partial charge in [-0.1, -0.05) is 0 Å². The predicted octanol–water partition coefficient (Wildman–Crippen LogP) is 1.77. The van der Waals surface area contributed by atoms with Gasteiger partial charge in [0, 0.05) is 23.4 Å². The number of sulfonamides is 1. The summed E-state index contributed by atoms with van der Waals surface area (Å²) in [6.45, 7) is 6.86. The van der Waals surface area contributed by atoms with Gasteiger partial charge in [0.2, 0.25) is 10.0 Å². The molecule has 3 N–H and O–H groups in total. The van der Waals surface area contributed by atoms with E-state index in [1.54, 1.807) is 0 Å². The van der Waals surface area contributed by atoms with Crippen molar-refractivity contribution in [2.75, 3.05) is 25.6 Å². The molecule has 0 bridgehead atoms. The third-order valence-corrected chi connectivity index (χ3v) is 5.52. The molecule has 0 heterocycles. The Labute approximate surface area is 162 Å². The minimum Gasteiger partial charge on any atom is -0.357 e. The summed E-state index contributed by atoms with van der Waals surface area (Å²) in [6.07, 6.45) is 6.87. The number of hydrogen-bond donors (Lipinski definition) is 3. The fourth-order valence-corrected chi connectivity index (χ4v) is 4.47. The minimum absolute atomic E-state index is 0. The van der Waals surface area contributed by atoms with Crippen LogP contribution in [0.5, 0.6) is 0 Å². The Kier molecular flexibility index (Phi) is 10.4.